The Morgan fingerprint density at radius 3 is 2.75 bits per heavy atom. The van der Waals surface area contributed by atoms with Crippen molar-refractivity contribution in [2.75, 3.05) is 0 Å². The standard InChI is InChI=1S/C13H16ClN5O/c1-3-4-9(2)18-13(20)10-5-11(14)12(15-6-10)19-7-16-17-8-19/h5-9H,3-4H2,1-2H3,(H,18,20). The summed E-state index contributed by atoms with van der Waals surface area (Å²) in [5.74, 6) is 0.325. The normalized spacial score (nSPS) is 12.2. The molecule has 1 N–H and O–H groups in total. The lowest BCUT2D eigenvalue weighted by Gasteiger charge is -2.13. The molecule has 0 saturated carbocycles. The average molecular weight is 294 g/mol. The minimum atomic E-state index is -0.171. The van der Waals surface area contributed by atoms with Gasteiger partial charge in [-0.05, 0) is 19.4 Å². The Morgan fingerprint density at radius 1 is 1.45 bits per heavy atom. The summed E-state index contributed by atoms with van der Waals surface area (Å²) in [6.07, 6.45) is 6.45. The van der Waals surface area contributed by atoms with E-state index in [4.69, 9.17) is 11.6 Å². The highest BCUT2D eigenvalue weighted by molar-refractivity contribution is 6.32. The van der Waals surface area contributed by atoms with Crippen LogP contribution in [0.1, 0.15) is 37.0 Å². The molecule has 0 bridgehead atoms. The molecule has 0 aliphatic carbocycles. The SMILES string of the molecule is CCCC(C)NC(=O)c1cnc(-n2cnnc2)c(Cl)c1. The van der Waals surface area contributed by atoms with Gasteiger partial charge >= 0.3 is 0 Å². The summed E-state index contributed by atoms with van der Waals surface area (Å²) in [5.41, 5.74) is 0.440. The third-order valence-corrected chi connectivity index (χ3v) is 3.12. The van der Waals surface area contributed by atoms with E-state index in [2.05, 4.69) is 27.4 Å². The van der Waals surface area contributed by atoms with Gasteiger partial charge in [-0.15, -0.1) is 10.2 Å². The van der Waals surface area contributed by atoms with Gasteiger partial charge in [-0.3, -0.25) is 9.36 Å². The number of carbonyl (C=O) groups is 1. The molecular formula is C13H16ClN5O. The van der Waals surface area contributed by atoms with Crippen LogP contribution < -0.4 is 5.32 Å². The maximum atomic E-state index is 12.0. The zero-order chi connectivity index (χ0) is 14.5. The fourth-order valence-electron chi connectivity index (χ4n) is 1.87. The number of hydrogen-bond acceptors (Lipinski definition) is 4. The molecule has 6 nitrogen and oxygen atoms in total. The van der Waals surface area contributed by atoms with Crippen LogP contribution in [0.3, 0.4) is 0 Å². The van der Waals surface area contributed by atoms with E-state index in [1.807, 2.05) is 6.92 Å². The molecular weight excluding hydrogens is 278 g/mol. The van der Waals surface area contributed by atoms with Crippen molar-refractivity contribution in [3.05, 3.63) is 35.5 Å². The van der Waals surface area contributed by atoms with Gasteiger partial charge in [0.1, 0.15) is 12.7 Å². The van der Waals surface area contributed by atoms with Gasteiger partial charge < -0.3 is 5.32 Å². The fourth-order valence-corrected chi connectivity index (χ4v) is 2.13. The van der Waals surface area contributed by atoms with Crippen molar-refractivity contribution in [3.8, 4) is 5.82 Å². The van der Waals surface area contributed by atoms with Gasteiger partial charge in [0.2, 0.25) is 0 Å². The van der Waals surface area contributed by atoms with Crippen LogP contribution in [0.2, 0.25) is 5.02 Å². The molecule has 106 valence electrons. The number of hydrogen-bond donors (Lipinski definition) is 1. The topological polar surface area (TPSA) is 72.7 Å². The van der Waals surface area contributed by atoms with Gasteiger partial charge in [0.05, 0.1) is 10.6 Å². The summed E-state index contributed by atoms with van der Waals surface area (Å²) < 4.78 is 1.59. The first-order valence-electron chi connectivity index (χ1n) is 6.43. The molecule has 2 heterocycles. The molecule has 1 unspecified atom stereocenters. The monoisotopic (exact) mass is 293 g/mol. The number of halogens is 1. The summed E-state index contributed by atoms with van der Waals surface area (Å²) in [6.45, 7) is 4.05. The average Bonchev–Trinajstić information content (AvgIpc) is 2.92. The Bertz CT molecular complexity index is 584. The number of amides is 1. The van der Waals surface area contributed by atoms with Crippen molar-refractivity contribution in [2.45, 2.75) is 32.7 Å². The first-order valence-corrected chi connectivity index (χ1v) is 6.81. The van der Waals surface area contributed by atoms with Crippen LogP contribution in [-0.4, -0.2) is 31.7 Å². The van der Waals surface area contributed by atoms with Crippen LogP contribution in [0.5, 0.6) is 0 Å². The largest absolute Gasteiger partial charge is 0.350 e. The van der Waals surface area contributed by atoms with E-state index >= 15 is 0 Å². The Morgan fingerprint density at radius 2 is 2.15 bits per heavy atom. The predicted octanol–water partition coefficient (Wildman–Crippen LogP) is 2.23. The first kappa shape index (κ1) is 14.5. The Hall–Kier alpha value is -1.95. The molecule has 2 aromatic rings. The van der Waals surface area contributed by atoms with Crippen molar-refractivity contribution < 1.29 is 4.79 Å². The van der Waals surface area contributed by atoms with E-state index < -0.39 is 0 Å². The third kappa shape index (κ3) is 3.33. The summed E-state index contributed by atoms with van der Waals surface area (Å²) in [5, 5.41) is 10.7. The number of rotatable bonds is 5. The molecule has 0 aromatic carbocycles. The van der Waals surface area contributed by atoms with Gasteiger partial charge in [-0.2, -0.15) is 0 Å². The first-order chi connectivity index (χ1) is 9.61. The summed E-state index contributed by atoms with van der Waals surface area (Å²) in [4.78, 5) is 16.2. The van der Waals surface area contributed by atoms with E-state index in [1.165, 1.54) is 18.9 Å². The van der Waals surface area contributed by atoms with E-state index in [0.29, 0.717) is 16.4 Å². The van der Waals surface area contributed by atoms with Crippen molar-refractivity contribution in [3.63, 3.8) is 0 Å². The molecule has 0 aliphatic heterocycles. The fraction of sp³-hybridized carbons (Fsp3) is 0.385. The molecule has 2 aromatic heterocycles. The predicted molar refractivity (Wildman–Crippen MR) is 76.0 cm³/mol. The minimum absolute atomic E-state index is 0.129. The summed E-state index contributed by atoms with van der Waals surface area (Å²) >= 11 is 6.14. The van der Waals surface area contributed by atoms with Gasteiger partial charge in [0.25, 0.3) is 5.91 Å². The van der Waals surface area contributed by atoms with Crippen LogP contribution in [0.25, 0.3) is 5.82 Å². The maximum Gasteiger partial charge on any atom is 0.253 e. The van der Waals surface area contributed by atoms with E-state index in [0.717, 1.165) is 12.8 Å². The second-order valence-electron chi connectivity index (χ2n) is 4.56. The molecule has 2 rings (SSSR count). The van der Waals surface area contributed by atoms with Crippen molar-refractivity contribution in [1.29, 1.82) is 0 Å². The lowest BCUT2D eigenvalue weighted by atomic mass is 10.2. The Labute approximate surface area is 122 Å². The number of nitrogens with one attached hydrogen (secondary N) is 1. The van der Waals surface area contributed by atoms with Crippen molar-refractivity contribution in [1.82, 2.24) is 25.1 Å². The third-order valence-electron chi connectivity index (χ3n) is 2.85. The highest BCUT2D eigenvalue weighted by Gasteiger charge is 2.13. The van der Waals surface area contributed by atoms with Gasteiger partial charge in [0, 0.05) is 12.2 Å². The number of aromatic nitrogens is 4. The molecule has 0 saturated heterocycles. The molecule has 0 radical (unpaired) electrons. The molecule has 0 aliphatic rings. The summed E-state index contributed by atoms with van der Waals surface area (Å²) in [6, 6.07) is 1.72. The number of carbonyl (C=O) groups excluding carboxylic acids is 1. The lowest BCUT2D eigenvalue weighted by Crippen LogP contribution is -2.32. The maximum absolute atomic E-state index is 12.0. The molecule has 20 heavy (non-hydrogen) atoms. The van der Waals surface area contributed by atoms with Crippen LogP contribution in [0.15, 0.2) is 24.9 Å². The smallest absolute Gasteiger partial charge is 0.253 e. The lowest BCUT2D eigenvalue weighted by molar-refractivity contribution is 0.0938. The second-order valence-corrected chi connectivity index (χ2v) is 4.97. The Kier molecular flexibility index (Phi) is 4.68. The van der Waals surface area contributed by atoms with Gasteiger partial charge in [-0.1, -0.05) is 24.9 Å². The molecule has 1 atom stereocenters. The summed E-state index contributed by atoms with van der Waals surface area (Å²) in [7, 11) is 0. The van der Waals surface area contributed by atoms with Crippen LogP contribution in [0.4, 0.5) is 0 Å². The van der Waals surface area contributed by atoms with Crippen LogP contribution in [0, 0.1) is 0 Å². The number of nitrogens with zero attached hydrogens (tertiary/aromatic N) is 4. The zero-order valence-corrected chi connectivity index (χ0v) is 12.1. The van der Waals surface area contributed by atoms with Gasteiger partial charge in [0.15, 0.2) is 5.82 Å². The minimum Gasteiger partial charge on any atom is -0.350 e. The second kappa shape index (κ2) is 6.47. The highest BCUT2D eigenvalue weighted by Crippen LogP contribution is 2.18. The molecule has 0 fully saturated rings. The Balaban J connectivity index is 2.15. The van der Waals surface area contributed by atoms with Crippen LogP contribution >= 0.6 is 11.6 Å². The number of pyridine rings is 1. The quantitative estimate of drug-likeness (QED) is 0.917. The van der Waals surface area contributed by atoms with Gasteiger partial charge in [-0.25, -0.2) is 4.98 Å². The van der Waals surface area contributed by atoms with E-state index in [9.17, 15) is 4.79 Å². The van der Waals surface area contributed by atoms with E-state index in [-0.39, 0.29) is 11.9 Å². The van der Waals surface area contributed by atoms with Crippen molar-refractivity contribution in [2.24, 2.45) is 0 Å². The van der Waals surface area contributed by atoms with Crippen LogP contribution in [-0.2, 0) is 0 Å². The van der Waals surface area contributed by atoms with Crippen molar-refractivity contribution >= 4 is 17.5 Å². The molecule has 1 amide bonds. The highest BCUT2D eigenvalue weighted by atomic mass is 35.5. The molecule has 7 heteroatoms. The van der Waals surface area contributed by atoms with E-state index in [1.54, 1.807) is 10.6 Å². The molecule has 0 spiro atoms. The zero-order valence-electron chi connectivity index (χ0n) is 11.4.